The summed E-state index contributed by atoms with van der Waals surface area (Å²) < 4.78 is 1.33. The first-order chi connectivity index (χ1) is 4.63. The van der Waals surface area contributed by atoms with E-state index in [1.165, 1.54) is 10.8 Å². The predicted octanol–water partition coefficient (Wildman–Crippen LogP) is 1.63. The van der Waals surface area contributed by atoms with Crippen LogP contribution in [0.2, 0.25) is 0 Å². The third-order valence-corrected chi connectivity index (χ3v) is 2.03. The van der Waals surface area contributed by atoms with Crippen molar-refractivity contribution in [2.24, 2.45) is 5.10 Å². The molecule has 1 aliphatic heterocycles. The van der Waals surface area contributed by atoms with Crippen molar-refractivity contribution in [2.45, 2.75) is 25.5 Å². The molecule has 0 spiro atoms. The fourth-order valence-electron chi connectivity index (χ4n) is 0.711. The van der Waals surface area contributed by atoms with Gasteiger partial charge in [-0.25, -0.2) is 4.42 Å². The van der Waals surface area contributed by atoms with Crippen molar-refractivity contribution >= 4 is 29.7 Å². The van der Waals surface area contributed by atoms with E-state index < -0.39 is 0 Å². The van der Waals surface area contributed by atoms with Crippen molar-refractivity contribution in [1.29, 1.82) is 0 Å². The third-order valence-electron chi connectivity index (χ3n) is 1.25. The molecule has 1 heterocycles. The van der Waals surface area contributed by atoms with Crippen LogP contribution in [-0.2, 0) is 0 Å². The van der Waals surface area contributed by atoms with Gasteiger partial charge in [-0.1, -0.05) is 11.6 Å². The van der Waals surface area contributed by atoms with Gasteiger partial charge in [0.2, 0.25) is 5.62 Å². The maximum Gasteiger partial charge on any atom is 0.210 e. The van der Waals surface area contributed by atoms with E-state index in [9.17, 15) is 0 Å². The highest BCUT2D eigenvalue weighted by molar-refractivity contribution is 6.28. The van der Waals surface area contributed by atoms with Crippen LogP contribution >= 0.6 is 23.4 Å². The Morgan fingerprint density at radius 1 is 1.60 bits per heavy atom. The van der Waals surface area contributed by atoms with Gasteiger partial charge in [0.15, 0.2) is 0 Å². The highest BCUT2D eigenvalue weighted by Gasteiger charge is 2.25. The van der Waals surface area contributed by atoms with Crippen molar-refractivity contribution in [3.63, 3.8) is 0 Å². The van der Waals surface area contributed by atoms with Crippen molar-refractivity contribution in [3.8, 4) is 0 Å². The number of alkyl halides is 1. The van der Waals surface area contributed by atoms with Crippen molar-refractivity contribution in [1.82, 2.24) is 9.43 Å². The van der Waals surface area contributed by atoms with Crippen LogP contribution in [0.3, 0.4) is 0 Å². The van der Waals surface area contributed by atoms with E-state index in [1.54, 1.807) is 5.01 Å². The highest BCUT2D eigenvalue weighted by Crippen LogP contribution is 2.20. The van der Waals surface area contributed by atoms with Crippen LogP contribution in [0, 0.1) is 0 Å². The molecule has 0 aliphatic carbocycles. The normalized spacial score (nSPS) is 25.1. The molecule has 0 bridgehead atoms. The van der Waals surface area contributed by atoms with Gasteiger partial charge in [-0.2, -0.15) is 5.10 Å². The Balaban J connectivity index is 2.58. The number of hydrogen-bond donors (Lipinski definition) is 0. The fourth-order valence-corrected chi connectivity index (χ4v) is 1.17. The van der Waals surface area contributed by atoms with Crippen LogP contribution in [0.25, 0.3) is 0 Å². The standard InChI is InChI=1S/C5H9Cl2N3/c1-4(2)10-5(6)9(7)3-8-10/h3-5H,1-2H3. The lowest BCUT2D eigenvalue weighted by atomic mass is 10.4. The molecule has 58 valence electrons. The number of hydrogen-bond acceptors (Lipinski definition) is 3. The number of hydrazone groups is 1. The van der Waals surface area contributed by atoms with Gasteiger partial charge in [0.05, 0.1) is 0 Å². The van der Waals surface area contributed by atoms with Gasteiger partial charge in [0.1, 0.15) is 6.34 Å². The Bertz CT molecular complexity index is 148. The quantitative estimate of drug-likeness (QED) is 0.348. The van der Waals surface area contributed by atoms with Crippen LogP contribution in [0.15, 0.2) is 5.10 Å². The summed E-state index contributed by atoms with van der Waals surface area (Å²) in [5.41, 5.74) is -0.346. The molecule has 0 aromatic heterocycles. The molecule has 0 saturated heterocycles. The average molecular weight is 182 g/mol. The molecule has 0 aromatic carbocycles. The van der Waals surface area contributed by atoms with E-state index in [1.807, 2.05) is 13.8 Å². The van der Waals surface area contributed by atoms with Crippen LogP contribution in [0.5, 0.6) is 0 Å². The minimum atomic E-state index is -0.346. The van der Waals surface area contributed by atoms with Gasteiger partial charge in [-0.05, 0) is 13.8 Å². The summed E-state index contributed by atoms with van der Waals surface area (Å²) >= 11 is 11.4. The molecular weight excluding hydrogens is 173 g/mol. The maximum atomic E-state index is 5.82. The van der Waals surface area contributed by atoms with Gasteiger partial charge >= 0.3 is 0 Å². The van der Waals surface area contributed by atoms with Gasteiger partial charge in [0, 0.05) is 17.8 Å². The smallest absolute Gasteiger partial charge is 0.210 e. The van der Waals surface area contributed by atoms with Crippen LogP contribution in [0.4, 0.5) is 0 Å². The Kier molecular flexibility index (Phi) is 2.26. The maximum absolute atomic E-state index is 5.82. The fraction of sp³-hybridized carbons (Fsp3) is 0.800. The average Bonchev–Trinajstić information content (AvgIpc) is 2.14. The zero-order valence-electron chi connectivity index (χ0n) is 5.83. The van der Waals surface area contributed by atoms with E-state index in [2.05, 4.69) is 5.10 Å². The molecule has 1 rings (SSSR count). The lowest BCUT2D eigenvalue weighted by molar-refractivity contribution is 0.196. The van der Waals surface area contributed by atoms with Crippen molar-refractivity contribution < 1.29 is 0 Å². The van der Waals surface area contributed by atoms with Crippen LogP contribution in [-0.4, -0.2) is 27.4 Å². The molecular formula is C5H9Cl2N3. The molecule has 0 amide bonds. The Hall–Kier alpha value is -0.150. The Morgan fingerprint density at radius 3 is 2.40 bits per heavy atom. The first kappa shape index (κ1) is 7.95. The summed E-state index contributed by atoms with van der Waals surface area (Å²) in [5, 5.41) is 5.68. The first-order valence-corrected chi connectivity index (χ1v) is 3.81. The second-order valence-corrected chi connectivity index (χ2v) is 3.14. The summed E-state index contributed by atoms with van der Waals surface area (Å²) in [4.78, 5) is 0. The largest absolute Gasteiger partial charge is 0.255 e. The molecule has 0 radical (unpaired) electrons. The summed E-state index contributed by atoms with van der Waals surface area (Å²) in [6.07, 6.45) is 1.50. The molecule has 5 heteroatoms. The predicted molar refractivity (Wildman–Crippen MR) is 42.8 cm³/mol. The number of nitrogens with zero attached hydrogens (tertiary/aromatic N) is 3. The monoisotopic (exact) mass is 181 g/mol. The second kappa shape index (κ2) is 2.84. The van der Waals surface area contributed by atoms with E-state index in [0.717, 1.165) is 0 Å². The van der Waals surface area contributed by atoms with E-state index in [0.29, 0.717) is 0 Å². The molecule has 1 aliphatic rings. The minimum Gasteiger partial charge on any atom is -0.255 e. The van der Waals surface area contributed by atoms with E-state index in [4.69, 9.17) is 23.4 Å². The molecule has 0 fully saturated rings. The van der Waals surface area contributed by atoms with Crippen molar-refractivity contribution in [3.05, 3.63) is 0 Å². The molecule has 0 N–H and O–H groups in total. The van der Waals surface area contributed by atoms with Gasteiger partial charge < -0.3 is 0 Å². The topological polar surface area (TPSA) is 18.8 Å². The van der Waals surface area contributed by atoms with E-state index in [-0.39, 0.29) is 11.7 Å². The summed E-state index contributed by atoms with van der Waals surface area (Å²) in [6, 6.07) is 0.280. The lowest BCUT2D eigenvalue weighted by Crippen LogP contribution is -2.34. The van der Waals surface area contributed by atoms with Crippen LogP contribution in [0.1, 0.15) is 13.8 Å². The SMILES string of the molecule is CC(C)N1N=CN(Cl)C1Cl. The number of halogens is 2. The Labute approximate surface area is 70.3 Å². The highest BCUT2D eigenvalue weighted by atomic mass is 35.5. The third kappa shape index (κ3) is 1.30. The van der Waals surface area contributed by atoms with Gasteiger partial charge in [-0.3, -0.25) is 5.01 Å². The summed E-state index contributed by atoms with van der Waals surface area (Å²) in [7, 11) is 0. The molecule has 0 aromatic rings. The van der Waals surface area contributed by atoms with Crippen molar-refractivity contribution in [2.75, 3.05) is 0 Å². The summed E-state index contributed by atoms with van der Waals surface area (Å²) in [6.45, 7) is 4.01. The van der Waals surface area contributed by atoms with Crippen LogP contribution < -0.4 is 0 Å². The molecule has 3 nitrogen and oxygen atoms in total. The Morgan fingerprint density at radius 2 is 2.20 bits per heavy atom. The zero-order chi connectivity index (χ0) is 7.72. The molecule has 0 saturated carbocycles. The molecule has 1 unspecified atom stereocenters. The zero-order valence-corrected chi connectivity index (χ0v) is 7.34. The minimum absolute atomic E-state index is 0.280. The molecule has 1 atom stereocenters. The van der Waals surface area contributed by atoms with Gasteiger partial charge in [0.25, 0.3) is 0 Å². The lowest BCUT2D eigenvalue weighted by Gasteiger charge is -2.23. The van der Waals surface area contributed by atoms with E-state index >= 15 is 0 Å². The summed E-state index contributed by atoms with van der Waals surface area (Å²) in [5.74, 6) is 0. The second-order valence-electron chi connectivity index (χ2n) is 2.36. The van der Waals surface area contributed by atoms with Gasteiger partial charge in [-0.15, -0.1) is 0 Å². The first-order valence-electron chi connectivity index (χ1n) is 3.03. The molecule has 10 heavy (non-hydrogen) atoms. The number of rotatable bonds is 1.